The number of hydrogen-bond acceptors (Lipinski definition) is 3. The van der Waals surface area contributed by atoms with Crippen LogP contribution in [0.25, 0.3) is 10.8 Å². The Bertz CT molecular complexity index is 717. The van der Waals surface area contributed by atoms with Crippen LogP contribution in [0.5, 0.6) is 5.75 Å². The largest absolute Gasteiger partial charge is 0.496 e. The summed E-state index contributed by atoms with van der Waals surface area (Å²) in [6, 6.07) is 11.3. The van der Waals surface area contributed by atoms with Gasteiger partial charge in [0.25, 0.3) is 0 Å². The van der Waals surface area contributed by atoms with Gasteiger partial charge in [-0.2, -0.15) is 13.2 Å². The molecule has 1 fully saturated rings. The zero-order chi connectivity index (χ0) is 17.9. The molecule has 0 aliphatic carbocycles. The van der Waals surface area contributed by atoms with E-state index < -0.39 is 12.6 Å². The molecule has 1 aliphatic heterocycles. The number of benzene rings is 2. The fourth-order valence-corrected chi connectivity index (χ4v) is 3.59. The topological polar surface area (TPSA) is 24.5 Å². The van der Waals surface area contributed by atoms with Gasteiger partial charge in [0.1, 0.15) is 5.75 Å². The monoisotopic (exact) mass is 388 g/mol. The number of rotatable bonds is 5. The maximum atomic E-state index is 12.9. The molecule has 0 unspecified atom stereocenters. The van der Waals surface area contributed by atoms with E-state index in [4.69, 9.17) is 4.74 Å². The second-order valence-electron chi connectivity index (χ2n) is 6.36. The molecule has 1 atom stereocenters. The van der Waals surface area contributed by atoms with Crippen molar-refractivity contribution in [2.75, 3.05) is 33.3 Å². The van der Waals surface area contributed by atoms with Gasteiger partial charge in [0, 0.05) is 44.0 Å². The number of alkyl halides is 3. The molecule has 2 aromatic rings. The highest BCUT2D eigenvalue weighted by atomic mass is 35.5. The molecule has 1 heterocycles. The first-order valence-electron chi connectivity index (χ1n) is 8.57. The van der Waals surface area contributed by atoms with Gasteiger partial charge >= 0.3 is 6.18 Å². The molecule has 2 aromatic carbocycles. The molecule has 0 amide bonds. The number of nitrogens with zero attached hydrogens (tertiary/aromatic N) is 1. The van der Waals surface area contributed by atoms with Crippen LogP contribution in [0.1, 0.15) is 24.4 Å². The lowest BCUT2D eigenvalue weighted by molar-refractivity contribution is -0.138. The van der Waals surface area contributed by atoms with E-state index in [1.54, 1.807) is 7.11 Å². The smallest absolute Gasteiger partial charge is 0.389 e. The molecule has 1 saturated heterocycles. The van der Waals surface area contributed by atoms with Gasteiger partial charge in [-0.1, -0.05) is 30.3 Å². The predicted molar refractivity (Wildman–Crippen MR) is 100 cm³/mol. The number of halogens is 4. The minimum Gasteiger partial charge on any atom is -0.496 e. The lowest BCUT2D eigenvalue weighted by Crippen LogP contribution is -2.45. The van der Waals surface area contributed by atoms with Crippen molar-refractivity contribution in [2.45, 2.75) is 25.1 Å². The van der Waals surface area contributed by atoms with E-state index in [1.165, 1.54) is 0 Å². The average molecular weight is 389 g/mol. The zero-order valence-corrected chi connectivity index (χ0v) is 15.5. The van der Waals surface area contributed by atoms with E-state index in [1.807, 2.05) is 36.4 Å². The number of methoxy groups -OCH3 is 1. The number of ether oxygens (including phenoxy) is 1. The fourth-order valence-electron chi connectivity index (χ4n) is 3.59. The van der Waals surface area contributed by atoms with Crippen molar-refractivity contribution in [1.29, 1.82) is 0 Å². The molecule has 3 nitrogen and oxygen atoms in total. The van der Waals surface area contributed by atoms with Crippen LogP contribution in [0.4, 0.5) is 13.2 Å². The van der Waals surface area contributed by atoms with Gasteiger partial charge in [0.05, 0.1) is 7.11 Å². The minimum absolute atomic E-state index is 0. The van der Waals surface area contributed by atoms with Crippen LogP contribution < -0.4 is 10.1 Å². The second kappa shape index (κ2) is 8.93. The summed E-state index contributed by atoms with van der Waals surface area (Å²) in [4.78, 5) is 2.16. The summed E-state index contributed by atoms with van der Waals surface area (Å²) < 4.78 is 44.1. The summed E-state index contributed by atoms with van der Waals surface area (Å²) in [5.41, 5.74) is 0.947. The molecule has 0 radical (unpaired) electrons. The van der Waals surface area contributed by atoms with Gasteiger partial charge in [0.15, 0.2) is 0 Å². The average Bonchev–Trinajstić information content (AvgIpc) is 2.62. The Balaban J connectivity index is 0.00000243. The summed E-state index contributed by atoms with van der Waals surface area (Å²) >= 11 is 0. The van der Waals surface area contributed by atoms with Crippen LogP contribution >= 0.6 is 12.4 Å². The van der Waals surface area contributed by atoms with Gasteiger partial charge in [-0.25, -0.2) is 0 Å². The first-order valence-corrected chi connectivity index (χ1v) is 8.57. The van der Waals surface area contributed by atoms with Gasteiger partial charge in [0.2, 0.25) is 0 Å². The maximum Gasteiger partial charge on any atom is 0.389 e. The first-order chi connectivity index (χ1) is 12.0. The number of hydrogen-bond donors (Lipinski definition) is 1. The summed E-state index contributed by atoms with van der Waals surface area (Å²) in [5, 5.41) is 5.17. The number of nitrogens with one attached hydrogen (secondary N) is 1. The molecular formula is C19H24ClF3N2O. The highest BCUT2D eigenvalue weighted by Gasteiger charge is 2.32. The van der Waals surface area contributed by atoms with Crippen molar-refractivity contribution in [2.24, 2.45) is 0 Å². The Labute approximate surface area is 157 Å². The SMILES string of the molecule is COc1ccc([C@@H](CCC(F)(F)F)N2CCNCC2)c2ccccc12.Cl. The first kappa shape index (κ1) is 20.8. The van der Waals surface area contributed by atoms with Crippen molar-refractivity contribution in [3.63, 3.8) is 0 Å². The molecule has 7 heteroatoms. The van der Waals surface area contributed by atoms with Crippen LogP contribution in [0.2, 0.25) is 0 Å². The third-order valence-electron chi connectivity index (χ3n) is 4.79. The second-order valence-corrected chi connectivity index (χ2v) is 6.36. The van der Waals surface area contributed by atoms with Crippen molar-refractivity contribution < 1.29 is 17.9 Å². The summed E-state index contributed by atoms with van der Waals surface area (Å²) in [6.45, 7) is 3.11. The standard InChI is InChI=1S/C19H23F3N2O.ClH/c1-25-18-7-6-15(14-4-2-3-5-16(14)18)17(8-9-19(20,21)22)24-12-10-23-11-13-24;/h2-7,17,23H,8-13H2,1H3;1H/t17-;/m1./s1. The van der Waals surface area contributed by atoms with Crippen molar-refractivity contribution in [3.05, 3.63) is 42.0 Å². The van der Waals surface area contributed by atoms with E-state index in [0.29, 0.717) is 0 Å². The summed E-state index contributed by atoms with van der Waals surface area (Å²) in [5.74, 6) is 0.745. The molecule has 0 saturated carbocycles. The van der Waals surface area contributed by atoms with E-state index in [2.05, 4.69) is 10.2 Å². The Hall–Kier alpha value is -1.50. The highest BCUT2D eigenvalue weighted by molar-refractivity contribution is 5.91. The van der Waals surface area contributed by atoms with Crippen LogP contribution in [-0.4, -0.2) is 44.4 Å². The van der Waals surface area contributed by atoms with Crippen LogP contribution in [-0.2, 0) is 0 Å². The highest BCUT2D eigenvalue weighted by Crippen LogP contribution is 2.37. The van der Waals surface area contributed by atoms with Gasteiger partial charge in [-0.15, -0.1) is 12.4 Å². The Morgan fingerprint density at radius 1 is 1.08 bits per heavy atom. The minimum atomic E-state index is -4.14. The van der Waals surface area contributed by atoms with E-state index in [0.717, 1.165) is 48.3 Å². The molecule has 1 N–H and O–H groups in total. The van der Waals surface area contributed by atoms with Crippen LogP contribution in [0.3, 0.4) is 0 Å². The molecular weight excluding hydrogens is 365 g/mol. The summed E-state index contributed by atoms with van der Waals surface area (Å²) in [6.07, 6.45) is -4.85. The third-order valence-corrected chi connectivity index (χ3v) is 4.79. The lowest BCUT2D eigenvalue weighted by atomic mass is 9.93. The van der Waals surface area contributed by atoms with Gasteiger partial charge < -0.3 is 10.1 Å². The van der Waals surface area contributed by atoms with Gasteiger partial charge in [-0.05, 0) is 23.4 Å². The predicted octanol–water partition coefficient (Wildman–Crippen LogP) is 4.56. The fraction of sp³-hybridized carbons (Fsp3) is 0.474. The quantitative estimate of drug-likeness (QED) is 0.812. The number of fused-ring (bicyclic) bond motifs is 1. The lowest BCUT2D eigenvalue weighted by Gasteiger charge is -2.36. The molecule has 0 bridgehead atoms. The Morgan fingerprint density at radius 3 is 2.35 bits per heavy atom. The molecule has 3 rings (SSSR count). The Kier molecular flexibility index (Phi) is 7.15. The van der Waals surface area contributed by atoms with Crippen LogP contribution in [0, 0.1) is 0 Å². The van der Waals surface area contributed by atoms with E-state index >= 15 is 0 Å². The molecule has 1 aliphatic rings. The molecule has 0 aromatic heterocycles. The van der Waals surface area contributed by atoms with E-state index in [-0.39, 0.29) is 24.9 Å². The number of piperazine rings is 1. The normalized spacial score (nSPS) is 16.9. The summed E-state index contributed by atoms with van der Waals surface area (Å²) in [7, 11) is 1.61. The van der Waals surface area contributed by atoms with E-state index in [9.17, 15) is 13.2 Å². The Morgan fingerprint density at radius 2 is 1.73 bits per heavy atom. The third kappa shape index (κ3) is 4.81. The molecule has 144 valence electrons. The molecule has 26 heavy (non-hydrogen) atoms. The maximum absolute atomic E-state index is 12.9. The molecule has 0 spiro atoms. The van der Waals surface area contributed by atoms with Crippen molar-refractivity contribution >= 4 is 23.2 Å². The van der Waals surface area contributed by atoms with Crippen LogP contribution in [0.15, 0.2) is 36.4 Å². The zero-order valence-electron chi connectivity index (χ0n) is 14.7. The van der Waals surface area contributed by atoms with Crippen molar-refractivity contribution in [1.82, 2.24) is 10.2 Å². The van der Waals surface area contributed by atoms with Gasteiger partial charge in [-0.3, -0.25) is 4.90 Å². The van der Waals surface area contributed by atoms with Crippen molar-refractivity contribution in [3.8, 4) is 5.75 Å².